The van der Waals surface area contributed by atoms with Crippen molar-refractivity contribution in [3.05, 3.63) is 36.4 Å². The Hall–Kier alpha value is -1.66. The molecule has 0 aliphatic carbocycles. The van der Waals surface area contributed by atoms with Crippen LogP contribution in [0.15, 0.2) is 36.4 Å². The van der Waals surface area contributed by atoms with Crippen molar-refractivity contribution in [3.63, 3.8) is 0 Å². The number of benzene rings is 1. The fourth-order valence-corrected chi connectivity index (χ4v) is 0.385. The second-order valence-corrected chi connectivity index (χ2v) is 1.67. The number of hydrogen-bond acceptors (Lipinski definition) is 1. The highest BCUT2D eigenvalue weighted by atomic mass is 19.0. The maximum absolute atomic E-state index is 9.00. The lowest BCUT2D eigenvalue weighted by atomic mass is 10.4. The van der Waals surface area contributed by atoms with Crippen molar-refractivity contribution in [1.82, 2.24) is 0 Å². The van der Waals surface area contributed by atoms with Gasteiger partial charge in [-0.1, -0.05) is 36.4 Å². The quantitative estimate of drug-likeness (QED) is 0.705. The highest BCUT2D eigenvalue weighted by Gasteiger charge is 1.65. The Bertz CT molecular complexity index is 153. The van der Waals surface area contributed by atoms with E-state index in [1.807, 2.05) is 36.4 Å². The molecule has 0 saturated heterocycles. The lowest BCUT2D eigenvalue weighted by molar-refractivity contribution is -0.134. The highest BCUT2D eigenvalue weighted by molar-refractivity contribution is 5.62. The first kappa shape index (κ1) is 37.7. The molecular formula is C8H15F5O2. The number of halogens is 5. The van der Waals surface area contributed by atoms with Gasteiger partial charge in [0.15, 0.2) is 0 Å². The van der Waals surface area contributed by atoms with E-state index in [0.29, 0.717) is 0 Å². The van der Waals surface area contributed by atoms with Crippen LogP contribution >= 0.6 is 0 Å². The van der Waals surface area contributed by atoms with Gasteiger partial charge in [-0.25, -0.2) is 0 Å². The van der Waals surface area contributed by atoms with E-state index in [2.05, 4.69) is 0 Å². The molecule has 0 amide bonds. The summed E-state index contributed by atoms with van der Waals surface area (Å²) in [6.07, 6.45) is 0. The van der Waals surface area contributed by atoms with Crippen LogP contribution in [0.2, 0.25) is 0 Å². The van der Waals surface area contributed by atoms with E-state index < -0.39 is 5.97 Å². The van der Waals surface area contributed by atoms with E-state index in [4.69, 9.17) is 9.90 Å². The third-order valence-electron chi connectivity index (χ3n) is 0.667. The van der Waals surface area contributed by atoms with E-state index >= 15 is 0 Å². The summed E-state index contributed by atoms with van der Waals surface area (Å²) in [5, 5.41) is 7.42. The van der Waals surface area contributed by atoms with Crippen LogP contribution < -0.4 is 0 Å². The monoisotopic (exact) mass is 238 g/mol. The SMILES string of the molecule is CC(=O)O.F.F.F.F.F.c1ccccc1. The van der Waals surface area contributed by atoms with Crippen LogP contribution in [0.5, 0.6) is 0 Å². The lowest BCUT2D eigenvalue weighted by Crippen LogP contribution is -1.78. The number of carbonyl (C=O) groups is 1. The average Bonchev–Trinajstić information content (AvgIpc) is 1.90. The van der Waals surface area contributed by atoms with Gasteiger partial charge in [-0.2, -0.15) is 0 Å². The lowest BCUT2D eigenvalue weighted by Gasteiger charge is -1.69. The van der Waals surface area contributed by atoms with Crippen molar-refractivity contribution in [2.24, 2.45) is 0 Å². The molecule has 1 rings (SSSR count). The minimum absolute atomic E-state index is 0. The van der Waals surface area contributed by atoms with E-state index in [1.54, 1.807) is 0 Å². The van der Waals surface area contributed by atoms with Gasteiger partial charge in [-0.3, -0.25) is 28.3 Å². The summed E-state index contributed by atoms with van der Waals surface area (Å²) in [5.41, 5.74) is 0. The molecule has 0 atom stereocenters. The molecule has 1 N–H and O–H groups in total. The van der Waals surface area contributed by atoms with E-state index in [1.165, 1.54) is 0 Å². The number of carboxylic acids is 1. The molecule has 7 heteroatoms. The molecule has 0 aliphatic rings. The van der Waals surface area contributed by atoms with Gasteiger partial charge in [0.1, 0.15) is 0 Å². The Kier molecular flexibility index (Phi) is 74.0. The zero-order valence-corrected chi connectivity index (χ0v) is 7.86. The average molecular weight is 238 g/mol. The van der Waals surface area contributed by atoms with Crippen LogP contribution in [0.25, 0.3) is 0 Å². The molecule has 1 aromatic carbocycles. The first-order valence-electron chi connectivity index (χ1n) is 2.93. The largest absolute Gasteiger partial charge is 0.481 e. The summed E-state index contributed by atoms with van der Waals surface area (Å²) in [6.45, 7) is 1.08. The molecule has 0 aliphatic heterocycles. The van der Waals surface area contributed by atoms with Crippen molar-refractivity contribution in [3.8, 4) is 0 Å². The molecule has 0 spiro atoms. The zero-order chi connectivity index (χ0) is 7.82. The van der Waals surface area contributed by atoms with Crippen LogP contribution in [0.4, 0.5) is 23.5 Å². The summed E-state index contributed by atoms with van der Waals surface area (Å²) in [4.78, 5) is 9.00. The third kappa shape index (κ3) is 70.0. The molecule has 15 heavy (non-hydrogen) atoms. The van der Waals surface area contributed by atoms with Crippen LogP contribution in [-0.2, 0) is 4.79 Å². The van der Waals surface area contributed by atoms with Crippen LogP contribution in [0.3, 0.4) is 0 Å². The number of carboxylic acid groups (broad SMARTS) is 1. The first-order valence-corrected chi connectivity index (χ1v) is 2.93. The minimum atomic E-state index is -0.833. The van der Waals surface area contributed by atoms with Crippen molar-refractivity contribution < 1.29 is 33.4 Å². The van der Waals surface area contributed by atoms with Crippen molar-refractivity contribution >= 4 is 5.97 Å². The van der Waals surface area contributed by atoms with Crippen molar-refractivity contribution in [1.29, 1.82) is 0 Å². The Balaban J connectivity index is -0.0000000211. The van der Waals surface area contributed by atoms with Gasteiger partial charge in [0.05, 0.1) is 0 Å². The smallest absolute Gasteiger partial charge is 0.300 e. The molecule has 0 heterocycles. The molecule has 0 unspecified atom stereocenters. The Morgan fingerprint density at radius 3 is 0.867 bits per heavy atom. The van der Waals surface area contributed by atoms with Crippen molar-refractivity contribution in [2.75, 3.05) is 0 Å². The number of rotatable bonds is 0. The van der Waals surface area contributed by atoms with Crippen LogP contribution in [0, 0.1) is 0 Å². The van der Waals surface area contributed by atoms with Gasteiger partial charge < -0.3 is 5.11 Å². The molecular weight excluding hydrogens is 223 g/mol. The predicted octanol–water partition coefficient (Wildman–Crippen LogP) is 2.54. The Labute approximate surface area is 83.8 Å². The molecule has 0 aromatic heterocycles. The molecule has 1 aromatic rings. The van der Waals surface area contributed by atoms with Gasteiger partial charge in [0.2, 0.25) is 0 Å². The molecule has 0 radical (unpaired) electrons. The van der Waals surface area contributed by atoms with Crippen molar-refractivity contribution in [2.45, 2.75) is 6.92 Å². The van der Waals surface area contributed by atoms with Crippen LogP contribution in [-0.4, -0.2) is 11.1 Å². The maximum atomic E-state index is 9.00. The summed E-state index contributed by atoms with van der Waals surface area (Å²) in [6, 6.07) is 12.0. The van der Waals surface area contributed by atoms with E-state index in [-0.39, 0.29) is 23.5 Å². The Morgan fingerprint density at radius 1 is 0.733 bits per heavy atom. The topological polar surface area (TPSA) is 37.3 Å². The standard InChI is InChI=1S/C6H6.C2H4O2.5FH/c1-2-4-6-5-3-1;1-2(3)4;;;;;/h1-6H;1H3,(H,3,4);5*1H. The van der Waals surface area contributed by atoms with Gasteiger partial charge in [-0.05, 0) is 0 Å². The fraction of sp³-hybridized carbons (Fsp3) is 0.125. The van der Waals surface area contributed by atoms with E-state index in [0.717, 1.165) is 6.92 Å². The number of aliphatic carboxylic acids is 1. The molecule has 0 bridgehead atoms. The van der Waals surface area contributed by atoms with Gasteiger partial charge in [0, 0.05) is 6.92 Å². The fourth-order valence-electron chi connectivity index (χ4n) is 0.385. The first-order chi connectivity index (χ1) is 4.73. The summed E-state index contributed by atoms with van der Waals surface area (Å²) in [7, 11) is 0. The van der Waals surface area contributed by atoms with Gasteiger partial charge in [0.25, 0.3) is 5.97 Å². The van der Waals surface area contributed by atoms with Gasteiger partial charge >= 0.3 is 0 Å². The van der Waals surface area contributed by atoms with E-state index in [9.17, 15) is 0 Å². The molecule has 2 nitrogen and oxygen atoms in total. The highest BCUT2D eigenvalue weighted by Crippen LogP contribution is 1.79. The second kappa shape index (κ2) is 29.5. The molecule has 0 saturated carbocycles. The third-order valence-corrected chi connectivity index (χ3v) is 0.667. The minimum Gasteiger partial charge on any atom is -0.481 e. The summed E-state index contributed by atoms with van der Waals surface area (Å²) >= 11 is 0. The predicted molar refractivity (Wildman–Crippen MR) is 52.3 cm³/mol. The molecule has 0 fully saturated rings. The molecule has 94 valence electrons. The Morgan fingerprint density at radius 2 is 0.800 bits per heavy atom. The normalized spacial score (nSPS) is 4.87. The van der Waals surface area contributed by atoms with Crippen LogP contribution in [0.1, 0.15) is 6.92 Å². The summed E-state index contributed by atoms with van der Waals surface area (Å²) < 4.78 is 0. The zero-order valence-electron chi connectivity index (χ0n) is 7.86. The number of hydrogen-bond donors (Lipinski definition) is 1. The maximum Gasteiger partial charge on any atom is 0.300 e. The van der Waals surface area contributed by atoms with Gasteiger partial charge in [-0.15, -0.1) is 0 Å². The second-order valence-electron chi connectivity index (χ2n) is 1.67. The summed E-state index contributed by atoms with van der Waals surface area (Å²) in [5.74, 6) is -0.833.